The van der Waals surface area contributed by atoms with Crippen LogP contribution in [0.4, 0.5) is 0 Å². The minimum Gasteiger partial charge on any atom is -0.507 e. The molecule has 3 aromatic rings. The summed E-state index contributed by atoms with van der Waals surface area (Å²) in [5.41, 5.74) is 3.49. The van der Waals surface area contributed by atoms with E-state index in [0.29, 0.717) is 0 Å². The molecule has 0 bridgehead atoms. The predicted molar refractivity (Wildman–Crippen MR) is 86.1 cm³/mol. The van der Waals surface area contributed by atoms with Crippen molar-refractivity contribution in [2.24, 2.45) is 12.1 Å². The van der Waals surface area contributed by atoms with Gasteiger partial charge in [0.25, 0.3) is 5.91 Å². The second-order valence-electron chi connectivity index (χ2n) is 4.96. The molecule has 0 aliphatic carbocycles. The first-order valence-corrected chi connectivity index (χ1v) is 6.81. The van der Waals surface area contributed by atoms with Gasteiger partial charge in [-0.3, -0.25) is 4.79 Å². The van der Waals surface area contributed by atoms with E-state index in [0.717, 1.165) is 16.5 Å². The monoisotopic (exact) mass is 293 g/mol. The van der Waals surface area contributed by atoms with Crippen molar-refractivity contribution < 1.29 is 9.90 Å². The van der Waals surface area contributed by atoms with Gasteiger partial charge in [-0.15, -0.1) is 0 Å². The summed E-state index contributed by atoms with van der Waals surface area (Å²) < 4.78 is 1.88. The fourth-order valence-corrected chi connectivity index (χ4v) is 2.24. The van der Waals surface area contributed by atoms with Gasteiger partial charge in [-0.25, -0.2) is 5.43 Å². The summed E-state index contributed by atoms with van der Waals surface area (Å²) >= 11 is 0. The van der Waals surface area contributed by atoms with Gasteiger partial charge in [0.05, 0.1) is 17.5 Å². The Kier molecular flexibility index (Phi) is 3.62. The quantitative estimate of drug-likeness (QED) is 0.576. The number of hydrogen-bond acceptors (Lipinski definition) is 3. The van der Waals surface area contributed by atoms with Gasteiger partial charge in [0, 0.05) is 13.2 Å². The van der Waals surface area contributed by atoms with Crippen molar-refractivity contribution >= 4 is 22.9 Å². The first-order valence-electron chi connectivity index (χ1n) is 6.81. The van der Waals surface area contributed by atoms with Crippen LogP contribution in [0.3, 0.4) is 0 Å². The van der Waals surface area contributed by atoms with Crippen LogP contribution in [0.25, 0.3) is 10.8 Å². The lowest BCUT2D eigenvalue weighted by Crippen LogP contribution is -2.18. The smallest absolute Gasteiger partial charge is 0.275 e. The standard InChI is InChI=1S/C17H15N3O2/c1-20-8-4-7-14(20)11-18-19-17(22)15-9-12-5-2-3-6-13(12)10-16(15)21/h2-11,21H,1H3,(H,19,22). The highest BCUT2D eigenvalue weighted by molar-refractivity contribution is 6.01. The van der Waals surface area contributed by atoms with Crippen molar-refractivity contribution in [3.63, 3.8) is 0 Å². The molecule has 2 aromatic carbocycles. The summed E-state index contributed by atoms with van der Waals surface area (Å²) in [6.45, 7) is 0. The van der Waals surface area contributed by atoms with Gasteiger partial charge in [0.2, 0.25) is 0 Å². The zero-order chi connectivity index (χ0) is 15.5. The van der Waals surface area contributed by atoms with Crippen molar-refractivity contribution in [1.29, 1.82) is 0 Å². The maximum absolute atomic E-state index is 12.1. The molecule has 110 valence electrons. The average Bonchev–Trinajstić information content (AvgIpc) is 2.92. The number of hydrazone groups is 1. The SMILES string of the molecule is Cn1cccc1C=NNC(=O)c1cc2ccccc2cc1O. The molecule has 1 amide bonds. The van der Waals surface area contributed by atoms with Gasteiger partial charge in [-0.1, -0.05) is 24.3 Å². The van der Waals surface area contributed by atoms with Gasteiger partial charge in [-0.05, 0) is 35.0 Å². The number of rotatable bonds is 3. The van der Waals surface area contributed by atoms with Crippen LogP contribution in [-0.2, 0) is 7.05 Å². The Morgan fingerprint density at radius 3 is 2.59 bits per heavy atom. The number of carbonyl (C=O) groups excluding carboxylic acids is 1. The third kappa shape index (κ3) is 2.69. The molecular formula is C17H15N3O2. The lowest BCUT2D eigenvalue weighted by atomic mass is 10.1. The molecule has 2 N–H and O–H groups in total. The Hall–Kier alpha value is -3.08. The first kappa shape index (κ1) is 13.9. The number of nitrogens with zero attached hydrogens (tertiary/aromatic N) is 2. The molecule has 0 aliphatic heterocycles. The van der Waals surface area contributed by atoms with Crippen LogP contribution in [0.1, 0.15) is 16.1 Å². The fraction of sp³-hybridized carbons (Fsp3) is 0.0588. The molecule has 5 heteroatoms. The number of aromatic nitrogens is 1. The van der Waals surface area contributed by atoms with Crippen LogP contribution in [0.5, 0.6) is 5.75 Å². The van der Waals surface area contributed by atoms with Crippen molar-refractivity contribution in [3.8, 4) is 5.75 Å². The van der Waals surface area contributed by atoms with Crippen LogP contribution in [0.2, 0.25) is 0 Å². The Morgan fingerprint density at radius 2 is 1.91 bits per heavy atom. The molecule has 5 nitrogen and oxygen atoms in total. The summed E-state index contributed by atoms with van der Waals surface area (Å²) in [5.74, 6) is -0.515. The van der Waals surface area contributed by atoms with Gasteiger partial charge in [-0.2, -0.15) is 5.10 Å². The number of hydrogen-bond donors (Lipinski definition) is 2. The number of amides is 1. The molecule has 1 aromatic heterocycles. The summed E-state index contributed by atoms with van der Waals surface area (Å²) in [6, 6.07) is 14.5. The van der Waals surface area contributed by atoms with Crippen molar-refractivity contribution in [2.75, 3.05) is 0 Å². The Balaban J connectivity index is 1.81. The number of fused-ring (bicyclic) bond motifs is 1. The van der Waals surface area contributed by atoms with Gasteiger partial charge in [0.15, 0.2) is 0 Å². The van der Waals surface area contributed by atoms with Crippen LogP contribution >= 0.6 is 0 Å². The topological polar surface area (TPSA) is 66.6 Å². The second-order valence-corrected chi connectivity index (χ2v) is 4.96. The Labute approximate surface area is 127 Å². The summed E-state index contributed by atoms with van der Waals surface area (Å²) in [5, 5.41) is 15.7. The molecule has 0 aliphatic rings. The van der Waals surface area contributed by atoms with Crippen molar-refractivity contribution in [1.82, 2.24) is 9.99 Å². The Morgan fingerprint density at radius 1 is 1.18 bits per heavy atom. The molecule has 0 fully saturated rings. The van der Waals surface area contributed by atoms with E-state index in [-0.39, 0.29) is 11.3 Å². The minimum atomic E-state index is -0.450. The molecule has 0 saturated carbocycles. The zero-order valence-electron chi connectivity index (χ0n) is 12.0. The molecule has 0 radical (unpaired) electrons. The van der Waals surface area contributed by atoms with Crippen LogP contribution in [0.15, 0.2) is 59.8 Å². The van der Waals surface area contributed by atoms with E-state index in [4.69, 9.17) is 0 Å². The molecule has 0 saturated heterocycles. The van der Waals surface area contributed by atoms with Gasteiger partial charge in [0.1, 0.15) is 5.75 Å². The third-order valence-electron chi connectivity index (χ3n) is 3.46. The number of carbonyl (C=O) groups is 1. The zero-order valence-corrected chi connectivity index (χ0v) is 12.0. The molecule has 0 atom stereocenters. The number of nitrogens with one attached hydrogen (secondary N) is 1. The van der Waals surface area contributed by atoms with Crippen LogP contribution in [-0.4, -0.2) is 21.8 Å². The first-order chi connectivity index (χ1) is 10.6. The number of aryl methyl sites for hydroxylation is 1. The maximum Gasteiger partial charge on any atom is 0.275 e. The summed E-state index contributed by atoms with van der Waals surface area (Å²) in [6.07, 6.45) is 3.44. The van der Waals surface area contributed by atoms with E-state index in [1.807, 2.05) is 54.2 Å². The molecule has 3 rings (SSSR count). The van der Waals surface area contributed by atoms with E-state index in [2.05, 4.69) is 10.5 Å². The third-order valence-corrected chi connectivity index (χ3v) is 3.46. The highest BCUT2D eigenvalue weighted by atomic mass is 16.3. The largest absolute Gasteiger partial charge is 0.507 e. The predicted octanol–water partition coefficient (Wildman–Crippen LogP) is 2.65. The number of aromatic hydroxyl groups is 1. The van der Waals surface area contributed by atoms with E-state index in [1.54, 1.807) is 18.3 Å². The number of phenolic OH excluding ortho intramolecular Hbond substituents is 1. The normalized spacial score (nSPS) is 11.1. The van der Waals surface area contributed by atoms with Crippen LogP contribution < -0.4 is 5.43 Å². The molecule has 0 unspecified atom stereocenters. The lowest BCUT2D eigenvalue weighted by molar-refractivity contribution is 0.0952. The highest BCUT2D eigenvalue weighted by Gasteiger charge is 2.11. The average molecular weight is 293 g/mol. The van der Waals surface area contributed by atoms with E-state index in [1.165, 1.54) is 0 Å². The van der Waals surface area contributed by atoms with Gasteiger partial charge >= 0.3 is 0 Å². The maximum atomic E-state index is 12.1. The van der Waals surface area contributed by atoms with Crippen molar-refractivity contribution in [2.45, 2.75) is 0 Å². The molecule has 22 heavy (non-hydrogen) atoms. The molecule has 0 spiro atoms. The summed E-state index contributed by atoms with van der Waals surface area (Å²) in [7, 11) is 1.89. The summed E-state index contributed by atoms with van der Waals surface area (Å²) in [4.78, 5) is 12.1. The number of phenols is 1. The van der Waals surface area contributed by atoms with Crippen molar-refractivity contribution in [3.05, 3.63) is 66.0 Å². The van der Waals surface area contributed by atoms with E-state index >= 15 is 0 Å². The fourth-order valence-electron chi connectivity index (χ4n) is 2.24. The number of benzene rings is 2. The minimum absolute atomic E-state index is 0.0646. The highest BCUT2D eigenvalue weighted by Crippen LogP contribution is 2.24. The molecule has 1 heterocycles. The van der Waals surface area contributed by atoms with Crippen LogP contribution in [0, 0.1) is 0 Å². The lowest BCUT2D eigenvalue weighted by Gasteiger charge is -2.05. The molecular weight excluding hydrogens is 278 g/mol. The Bertz CT molecular complexity index is 865. The van der Waals surface area contributed by atoms with E-state index < -0.39 is 5.91 Å². The van der Waals surface area contributed by atoms with E-state index in [9.17, 15) is 9.90 Å². The van der Waals surface area contributed by atoms with Gasteiger partial charge < -0.3 is 9.67 Å². The second kappa shape index (κ2) is 5.73.